The number of hydrogen-bond donors (Lipinski definition) is 3. The third-order valence-corrected chi connectivity index (χ3v) is 6.58. The summed E-state index contributed by atoms with van der Waals surface area (Å²) in [7, 11) is 0. The Morgan fingerprint density at radius 3 is 2.74 bits per heavy atom. The van der Waals surface area contributed by atoms with Crippen molar-refractivity contribution in [1.82, 2.24) is 20.0 Å². The van der Waals surface area contributed by atoms with Crippen LogP contribution in [0.15, 0.2) is 61.3 Å². The molecule has 10 heteroatoms. The van der Waals surface area contributed by atoms with E-state index in [9.17, 15) is 18.3 Å². The number of aromatic nitrogens is 5. The highest BCUT2D eigenvalue weighted by Gasteiger charge is 2.45. The van der Waals surface area contributed by atoms with Crippen molar-refractivity contribution < 1.29 is 27.5 Å². The first-order chi connectivity index (χ1) is 16.3. The van der Waals surface area contributed by atoms with Gasteiger partial charge in [0, 0.05) is 29.8 Å². The topological polar surface area (TPSA) is 75.7 Å². The predicted octanol–water partition coefficient (Wildman–Crippen LogP) is 2.19. The number of fused-ring (bicyclic) bond motifs is 1. The number of rotatable bonds is 6. The van der Waals surface area contributed by atoms with Crippen LogP contribution in [0.1, 0.15) is 18.3 Å². The molecule has 5 rings (SSSR count). The average Bonchev–Trinajstić information content (AvgIpc) is 3.47. The van der Waals surface area contributed by atoms with Crippen molar-refractivity contribution >= 4 is 0 Å². The highest BCUT2D eigenvalue weighted by Crippen LogP contribution is 2.32. The van der Waals surface area contributed by atoms with E-state index in [-0.39, 0.29) is 17.9 Å². The zero-order valence-electron chi connectivity index (χ0n) is 18.5. The summed E-state index contributed by atoms with van der Waals surface area (Å²) in [4.78, 5) is 9.36. The van der Waals surface area contributed by atoms with E-state index < -0.39 is 23.3 Å². The van der Waals surface area contributed by atoms with Gasteiger partial charge in [-0.2, -0.15) is 9.78 Å². The van der Waals surface area contributed by atoms with Crippen molar-refractivity contribution in [2.75, 3.05) is 6.54 Å². The molecule has 34 heavy (non-hydrogen) atoms. The van der Waals surface area contributed by atoms with E-state index >= 15 is 0 Å². The summed E-state index contributed by atoms with van der Waals surface area (Å²) in [6, 6.07) is 9.04. The molecule has 1 aliphatic heterocycles. The van der Waals surface area contributed by atoms with Gasteiger partial charge in [-0.05, 0) is 30.1 Å². The maximum Gasteiger partial charge on any atom is 0.306 e. The second-order valence-electron chi connectivity index (χ2n) is 8.66. The monoisotopic (exact) mass is 470 g/mol. The average molecular weight is 470 g/mol. The predicted molar refractivity (Wildman–Crippen MR) is 115 cm³/mol. The lowest BCUT2D eigenvalue weighted by atomic mass is 9.85. The Hall–Kier alpha value is -3.50. The van der Waals surface area contributed by atoms with E-state index in [4.69, 9.17) is 0 Å². The molecule has 0 saturated carbocycles. The molecule has 3 heterocycles. The minimum absolute atomic E-state index is 0.00745. The van der Waals surface area contributed by atoms with E-state index in [0.717, 1.165) is 29.2 Å². The molecular weight excluding hydrogens is 445 g/mol. The molecule has 0 fully saturated rings. The highest BCUT2D eigenvalue weighted by molar-refractivity contribution is 5.57. The van der Waals surface area contributed by atoms with Gasteiger partial charge < -0.3 is 5.11 Å². The van der Waals surface area contributed by atoms with Gasteiger partial charge in [-0.15, -0.1) is 0 Å². The molecule has 7 nitrogen and oxygen atoms in total. The number of imidazole rings is 1. The van der Waals surface area contributed by atoms with Gasteiger partial charge in [0.15, 0.2) is 5.69 Å². The van der Waals surface area contributed by atoms with Crippen LogP contribution >= 0.6 is 0 Å². The largest absolute Gasteiger partial charge is 0.379 e. The summed E-state index contributed by atoms with van der Waals surface area (Å²) < 4.78 is 45.8. The van der Waals surface area contributed by atoms with Crippen molar-refractivity contribution in [3.63, 3.8) is 0 Å². The van der Waals surface area contributed by atoms with Gasteiger partial charge in [0.1, 0.15) is 48.9 Å². The molecular formula is C24H25F3N6O+2. The summed E-state index contributed by atoms with van der Waals surface area (Å²) in [5, 5.41) is 14.8. The molecule has 2 aromatic carbocycles. The van der Waals surface area contributed by atoms with Crippen LogP contribution in [-0.2, 0) is 25.2 Å². The second kappa shape index (κ2) is 8.69. The number of H-pyrrole nitrogens is 2. The van der Waals surface area contributed by atoms with Crippen molar-refractivity contribution in [3.8, 4) is 11.3 Å². The maximum absolute atomic E-state index is 14.9. The van der Waals surface area contributed by atoms with Crippen molar-refractivity contribution in [2.24, 2.45) is 0 Å². The van der Waals surface area contributed by atoms with E-state index in [1.165, 1.54) is 30.9 Å². The van der Waals surface area contributed by atoms with Gasteiger partial charge in [0.2, 0.25) is 6.33 Å². The fourth-order valence-corrected chi connectivity index (χ4v) is 4.65. The molecule has 0 aliphatic carbocycles. The van der Waals surface area contributed by atoms with E-state index in [1.807, 2.05) is 24.1 Å². The van der Waals surface area contributed by atoms with Gasteiger partial charge in [0.25, 0.3) is 5.82 Å². The lowest BCUT2D eigenvalue weighted by molar-refractivity contribution is -0.765. The highest BCUT2D eigenvalue weighted by atomic mass is 19.1. The number of halogens is 3. The first-order valence-corrected chi connectivity index (χ1v) is 11.0. The van der Waals surface area contributed by atoms with Crippen molar-refractivity contribution in [3.05, 3.63) is 90.2 Å². The second-order valence-corrected chi connectivity index (χ2v) is 8.66. The van der Waals surface area contributed by atoms with Gasteiger partial charge in [-0.1, -0.05) is 18.2 Å². The molecule has 0 amide bonds. The summed E-state index contributed by atoms with van der Waals surface area (Å²) in [6.07, 6.45) is 4.90. The van der Waals surface area contributed by atoms with Crippen LogP contribution in [0.4, 0.5) is 13.2 Å². The normalized spacial score (nSPS) is 16.7. The number of nitrogens with zero attached hydrogens (tertiary/aromatic N) is 4. The molecule has 2 aromatic heterocycles. The Morgan fingerprint density at radius 1 is 1.18 bits per heavy atom. The van der Waals surface area contributed by atoms with Crippen molar-refractivity contribution in [2.45, 2.75) is 38.2 Å². The molecule has 0 bridgehead atoms. The minimum atomic E-state index is -1.69. The molecule has 3 N–H and O–H groups in total. The summed E-state index contributed by atoms with van der Waals surface area (Å²) in [5.74, 6) is -0.947. The lowest BCUT2D eigenvalue weighted by Crippen LogP contribution is -2.60. The molecule has 0 unspecified atom stereocenters. The fraction of sp³-hybridized carbons (Fsp3) is 0.292. The van der Waals surface area contributed by atoms with Gasteiger partial charge in [-0.25, -0.2) is 22.7 Å². The Labute approximate surface area is 194 Å². The zero-order chi connectivity index (χ0) is 23.9. The number of benzene rings is 2. The van der Waals surface area contributed by atoms with Gasteiger partial charge >= 0.3 is 6.33 Å². The van der Waals surface area contributed by atoms with Crippen molar-refractivity contribution in [1.29, 1.82) is 0 Å². The van der Waals surface area contributed by atoms with E-state index in [1.54, 1.807) is 10.7 Å². The van der Waals surface area contributed by atoms with Crippen LogP contribution in [-0.4, -0.2) is 37.7 Å². The first-order valence-electron chi connectivity index (χ1n) is 11.0. The summed E-state index contributed by atoms with van der Waals surface area (Å²) in [6.45, 7) is 3.50. The minimum Gasteiger partial charge on any atom is -0.379 e. The summed E-state index contributed by atoms with van der Waals surface area (Å²) in [5.41, 5.74) is -0.150. The Bertz CT molecular complexity index is 1310. The van der Waals surface area contributed by atoms with Gasteiger partial charge in [0.05, 0.1) is 0 Å². The molecule has 0 spiro atoms. The Balaban J connectivity index is 1.46. The Kier molecular flexibility index (Phi) is 5.70. The molecule has 176 valence electrons. The van der Waals surface area contributed by atoms with Crippen LogP contribution in [0, 0.1) is 17.5 Å². The number of aromatic amines is 2. The molecule has 1 aliphatic rings. The first kappa shape index (κ1) is 22.3. The summed E-state index contributed by atoms with van der Waals surface area (Å²) >= 11 is 0. The molecule has 0 saturated heterocycles. The number of nitrogens with one attached hydrogen (secondary N) is 2. The fourth-order valence-electron chi connectivity index (χ4n) is 4.65. The number of hydrogen-bond acceptors (Lipinski definition) is 3. The molecule has 4 aromatic rings. The van der Waals surface area contributed by atoms with Crippen LogP contribution in [0.5, 0.6) is 0 Å². The van der Waals surface area contributed by atoms with Gasteiger partial charge in [-0.3, -0.25) is 4.90 Å². The smallest absolute Gasteiger partial charge is 0.306 e. The standard InChI is InChI=1S/C24H23F3N6O/c1-16(24(34,13-33-15-28-14-29-33)20-6-5-19(26)10-21(20)27)31-7-8-32-11-22(30-23(32)12-31)17-3-2-4-18(25)9-17/h2-6,9-11,14-16,34H,7-8,12-13H2,1H3/p+2/t16-,24-/m1/s1. The lowest BCUT2D eigenvalue weighted by Gasteiger charge is -2.40. The van der Waals surface area contributed by atoms with Crippen LogP contribution in [0.2, 0.25) is 0 Å². The van der Waals surface area contributed by atoms with Crippen LogP contribution in [0.3, 0.4) is 0 Å². The SMILES string of the molecule is C[C@@H](N1CC[n+]2cc(-c3cccc(F)c3)[nH]c2C1)[C@](O)(C[n+]1cnc[nH]1)c1ccc(F)cc1F. The number of aliphatic hydroxyl groups is 1. The maximum atomic E-state index is 14.9. The molecule has 0 radical (unpaired) electrons. The third kappa shape index (κ3) is 4.10. The Morgan fingerprint density at radius 2 is 2.00 bits per heavy atom. The third-order valence-electron chi connectivity index (χ3n) is 6.58. The van der Waals surface area contributed by atoms with E-state index in [0.29, 0.717) is 19.6 Å². The van der Waals surface area contributed by atoms with Crippen LogP contribution in [0.25, 0.3) is 11.3 Å². The molecule has 2 atom stereocenters. The zero-order valence-corrected chi connectivity index (χ0v) is 18.5. The quantitative estimate of drug-likeness (QED) is 0.378. The van der Waals surface area contributed by atoms with E-state index in [2.05, 4.69) is 19.6 Å². The van der Waals surface area contributed by atoms with Crippen LogP contribution < -0.4 is 9.25 Å².